The van der Waals surface area contributed by atoms with Crippen LogP contribution in [0.4, 0.5) is 0 Å². The zero-order chi connectivity index (χ0) is 14.4. The van der Waals surface area contributed by atoms with Crippen LogP contribution in [0.1, 0.15) is 17.3 Å². The highest BCUT2D eigenvalue weighted by Gasteiger charge is 2.07. The average molecular weight is 288 g/mol. The van der Waals surface area contributed by atoms with Crippen LogP contribution >= 0.6 is 11.8 Å². The quantitative estimate of drug-likeness (QED) is 0.499. The summed E-state index contributed by atoms with van der Waals surface area (Å²) in [4.78, 5) is 12.3. The molecule has 4 heteroatoms. The summed E-state index contributed by atoms with van der Waals surface area (Å²) in [5.41, 5.74) is 0.597. The summed E-state index contributed by atoms with van der Waals surface area (Å²) in [5.74, 6) is 1.58. The third kappa shape index (κ3) is 3.78. The molecule has 0 heterocycles. The Kier molecular flexibility index (Phi) is 5.07. The van der Waals surface area contributed by atoms with Crippen molar-refractivity contribution < 1.29 is 14.6 Å². The summed E-state index contributed by atoms with van der Waals surface area (Å²) in [6.07, 6.45) is 0. The van der Waals surface area contributed by atoms with Gasteiger partial charge in [-0.3, -0.25) is 4.79 Å². The predicted octanol–water partition coefficient (Wildman–Crippen LogP) is 3.77. The molecule has 1 N–H and O–H groups in total. The minimum Gasteiger partial charge on any atom is -0.507 e. The molecule has 20 heavy (non-hydrogen) atoms. The van der Waals surface area contributed by atoms with Gasteiger partial charge in [-0.2, -0.15) is 0 Å². The Morgan fingerprint density at radius 1 is 1.15 bits per heavy atom. The zero-order valence-electron chi connectivity index (χ0n) is 11.2. The van der Waals surface area contributed by atoms with Crippen LogP contribution in [-0.2, 0) is 0 Å². The van der Waals surface area contributed by atoms with Crippen molar-refractivity contribution in [1.82, 2.24) is 0 Å². The van der Waals surface area contributed by atoms with Gasteiger partial charge in [-0.05, 0) is 31.2 Å². The fourth-order valence-corrected chi connectivity index (χ4v) is 2.54. The Balaban J connectivity index is 1.88. The first-order chi connectivity index (χ1) is 9.68. The number of benzene rings is 2. The zero-order valence-corrected chi connectivity index (χ0v) is 12.0. The second-order valence-electron chi connectivity index (χ2n) is 4.22. The number of aromatic hydroxyl groups is 1. The summed E-state index contributed by atoms with van der Waals surface area (Å²) in [5, 5.41) is 9.64. The van der Waals surface area contributed by atoms with Gasteiger partial charge in [-0.25, -0.2) is 0 Å². The average Bonchev–Trinajstić information content (AvgIpc) is 2.45. The molecule has 0 aliphatic carbocycles. The van der Waals surface area contributed by atoms with E-state index in [1.54, 1.807) is 24.3 Å². The van der Waals surface area contributed by atoms with Gasteiger partial charge in [0.05, 0.1) is 12.2 Å². The number of ether oxygens (including phenoxy) is 1. The van der Waals surface area contributed by atoms with Crippen LogP contribution in [0.25, 0.3) is 0 Å². The Bertz CT molecular complexity index is 596. The van der Waals surface area contributed by atoms with Crippen LogP contribution in [0, 0.1) is 0 Å². The van der Waals surface area contributed by atoms with E-state index in [2.05, 4.69) is 0 Å². The van der Waals surface area contributed by atoms with Crippen molar-refractivity contribution in [2.75, 3.05) is 12.4 Å². The van der Waals surface area contributed by atoms with Crippen molar-refractivity contribution in [1.29, 1.82) is 0 Å². The SMILES string of the molecule is CC(=O)c1ccccc1OCCSc1ccccc1O. The first kappa shape index (κ1) is 14.5. The van der Waals surface area contributed by atoms with Gasteiger partial charge < -0.3 is 9.84 Å². The van der Waals surface area contributed by atoms with Gasteiger partial charge in [0, 0.05) is 10.6 Å². The molecule has 0 amide bonds. The monoisotopic (exact) mass is 288 g/mol. The highest BCUT2D eigenvalue weighted by molar-refractivity contribution is 7.99. The number of phenols is 1. The number of carbonyl (C=O) groups excluding carboxylic acids is 1. The molecule has 104 valence electrons. The van der Waals surface area contributed by atoms with Crippen LogP contribution < -0.4 is 4.74 Å². The first-order valence-corrected chi connectivity index (χ1v) is 7.30. The Morgan fingerprint density at radius 2 is 1.85 bits per heavy atom. The highest BCUT2D eigenvalue weighted by atomic mass is 32.2. The van der Waals surface area contributed by atoms with Gasteiger partial charge in [0.1, 0.15) is 11.5 Å². The molecule has 0 aromatic heterocycles. The van der Waals surface area contributed by atoms with Crippen molar-refractivity contribution in [2.45, 2.75) is 11.8 Å². The lowest BCUT2D eigenvalue weighted by atomic mass is 10.1. The molecule has 2 rings (SSSR count). The lowest BCUT2D eigenvalue weighted by Gasteiger charge is -2.09. The maximum atomic E-state index is 11.4. The van der Waals surface area contributed by atoms with E-state index in [0.717, 1.165) is 4.90 Å². The van der Waals surface area contributed by atoms with E-state index in [-0.39, 0.29) is 11.5 Å². The Labute approximate surface area is 122 Å². The predicted molar refractivity (Wildman–Crippen MR) is 80.8 cm³/mol. The molecule has 2 aromatic carbocycles. The molecule has 0 aliphatic heterocycles. The minimum atomic E-state index is -0.00560. The number of thioether (sulfide) groups is 1. The number of ketones is 1. The van der Waals surface area contributed by atoms with Crippen molar-refractivity contribution in [3.05, 3.63) is 54.1 Å². The largest absolute Gasteiger partial charge is 0.507 e. The van der Waals surface area contributed by atoms with Crippen molar-refractivity contribution in [2.24, 2.45) is 0 Å². The van der Waals surface area contributed by atoms with Gasteiger partial charge in [0.2, 0.25) is 0 Å². The van der Waals surface area contributed by atoms with Crippen LogP contribution in [0.3, 0.4) is 0 Å². The lowest BCUT2D eigenvalue weighted by Crippen LogP contribution is -2.04. The van der Waals surface area contributed by atoms with Crippen LogP contribution in [0.15, 0.2) is 53.4 Å². The molecular formula is C16H16O3S. The van der Waals surface area contributed by atoms with Crippen LogP contribution in [0.2, 0.25) is 0 Å². The second kappa shape index (κ2) is 7.01. The van der Waals surface area contributed by atoms with E-state index in [4.69, 9.17) is 4.74 Å². The third-order valence-corrected chi connectivity index (χ3v) is 3.76. The van der Waals surface area contributed by atoms with Crippen molar-refractivity contribution in [3.63, 3.8) is 0 Å². The highest BCUT2D eigenvalue weighted by Crippen LogP contribution is 2.27. The normalized spacial score (nSPS) is 10.2. The molecule has 0 saturated heterocycles. The summed E-state index contributed by atoms with van der Waals surface area (Å²) < 4.78 is 5.64. The molecule has 2 aromatic rings. The molecule has 0 radical (unpaired) electrons. The number of carbonyl (C=O) groups is 1. The van der Waals surface area contributed by atoms with Gasteiger partial charge in [-0.1, -0.05) is 24.3 Å². The number of rotatable bonds is 6. The summed E-state index contributed by atoms with van der Waals surface area (Å²) in [6, 6.07) is 14.4. The van der Waals surface area contributed by atoms with Gasteiger partial charge in [0.25, 0.3) is 0 Å². The number of Topliss-reactive ketones (excluding diaryl/α,β-unsaturated/α-hetero) is 1. The number of phenolic OH excluding ortho intramolecular Hbond substituents is 1. The van der Waals surface area contributed by atoms with Crippen LogP contribution in [0.5, 0.6) is 11.5 Å². The molecule has 0 spiro atoms. The molecule has 0 bridgehead atoms. The molecule has 0 unspecified atom stereocenters. The van der Waals surface area contributed by atoms with E-state index in [0.29, 0.717) is 23.7 Å². The molecule has 0 fully saturated rings. The van der Waals surface area contributed by atoms with Crippen LogP contribution in [-0.4, -0.2) is 23.2 Å². The fraction of sp³-hybridized carbons (Fsp3) is 0.188. The third-order valence-electron chi connectivity index (χ3n) is 2.73. The van der Waals surface area contributed by atoms with E-state index in [1.807, 2.05) is 24.3 Å². The van der Waals surface area contributed by atoms with Gasteiger partial charge >= 0.3 is 0 Å². The molecule has 0 saturated carbocycles. The van der Waals surface area contributed by atoms with Gasteiger partial charge in [0.15, 0.2) is 5.78 Å². The first-order valence-electron chi connectivity index (χ1n) is 6.32. The Morgan fingerprint density at radius 3 is 2.60 bits per heavy atom. The minimum absolute atomic E-state index is 0.00560. The number of para-hydroxylation sites is 2. The summed E-state index contributed by atoms with van der Waals surface area (Å²) in [6.45, 7) is 2.00. The topological polar surface area (TPSA) is 46.5 Å². The second-order valence-corrected chi connectivity index (χ2v) is 5.35. The standard InChI is InChI=1S/C16H16O3S/c1-12(17)13-6-2-4-8-15(13)19-10-11-20-16-9-5-3-7-14(16)18/h2-9,18H,10-11H2,1H3. The van der Waals surface area contributed by atoms with E-state index >= 15 is 0 Å². The smallest absolute Gasteiger partial charge is 0.163 e. The fourth-order valence-electron chi connectivity index (χ4n) is 1.77. The Hall–Kier alpha value is -1.94. The van der Waals surface area contributed by atoms with E-state index < -0.39 is 0 Å². The number of hydrogen-bond acceptors (Lipinski definition) is 4. The molecule has 0 atom stereocenters. The van der Waals surface area contributed by atoms with E-state index in [1.165, 1.54) is 18.7 Å². The molecular weight excluding hydrogens is 272 g/mol. The van der Waals surface area contributed by atoms with Crippen molar-refractivity contribution in [3.8, 4) is 11.5 Å². The summed E-state index contributed by atoms with van der Waals surface area (Å²) in [7, 11) is 0. The molecule has 0 aliphatic rings. The lowest BCUT2D eigenvalue weighted by molar-refractivity contribution is 0.101. The van der Waals surface area contributed by atoms with Gasteiger partial charge in [-0.15, -0.1) is 11.8 Å². The summed E-state index contributed by atoms with van der Waals surface area (Å²) >= 11 is 1.52. The number of hydrogen-bond donors (Lipinski definition) is 1. The molecule has 3 nitrogen and oxygen atoms in total. The van der Waals surface area contributed by atoms with E-state index in [9.17, 15) is 9.90 Å². The maximum Gasteiger partial charge on any atom is 0.163 e. The van der Waals surface area contributed by atoms with Crippen molar-refractivity contribution >= 4 is 17.5 Å². The maximum absolute atomic E-state index is 11.4.